The first-order chi connectivity index (χ1) is 16.2. The second-order valence-corrected chi connectivity index (χ2v) is 8.44. The Bertz CT molecular complexity index is 1430. The Labute approximate surface area is 194 Å². The molecule has 0 unspecified atom stereocenters. The zero-order valence-corrected chi connectivity index (χ0v) is 18.7. The highest BCUT2D eigenvalue weighted by molar-refractivity contribution is 7.15. The van der Waals surface area contributed by atoms with Crippen molar-refractivity contribution in [1.82, 2.24) is 15.2 Å². The van der Waals surface area contributed by atoms with Gasteiger partial charge in [0.2, 0.25) is 5.13 Å². The highest BCUT2D eigenvalue weighted by atomic mass is 32.1. The number of anilines is 1. The zero-order valence-electron chi connectivity index (χ0n) is 17.9. The van der Waals surface area contributed by atoms with Gasteiger partial charge in [-0.1, -0.05) is 78.1 Å². The largest absolute Gasteiger partial charge is 0.496 e. The molecule has 0 saturated carbocycles. The highest BCUT2D eigenvalue weighted by Crippen LogP contribution is 2.27. The number of benzene rings is 3. The molecule has 0 aliphatic rings. The van der Waals surface area contributed by atoms with E-state index in [2.05, 4.69) is 15.5 Å². The highest BCUT2D eigenvalue weighted by Gasteiger charge is 2.16. The third-order valence-electron chi connectivity index (χ3n) is 5.25. The molecule has 3 aromatic carbocycles. The maximum absolute atomic E-state index is 13.3. The Morgan fingerprint density at radius 3 is 2.55 bits per heavy atom. The number of methoxy groups -OCH3 is 1. The molecule has 0 atom stereocenters. The van der Waals surface area contributed by atoms with Crippen molar-refractivity contribution in [2.75, 3.05) is 12.4 Å². The monoisotopic (exact) mass is 452 g/mol. The standard InChI is InChI=1S/C26H20N4O2S/c1-32-23-14-8-5-11-18(23)15-24-29-30-26(33-24)28-25(31)20-16-22(17-9-3-2-4-10-17)27-21-13-7-6-12-19(20)21/h2-14,16H,15H2,1H3,(H,28,30,31). The molecule has 0 aliphatic heterocycles. The summed E-state index contributed by atoms with van der Waals surface area (Å²) in [5, 5.41) is 13.4. The van der Waals surface area contributed by atoms with Gasteiger partial charge in [-0.15, -0.1) is 10.2 Å². The van der Waals surface area contributed by atoms with E-state index in [0.29, 0.717) is 17.1 Å². The van der Waals surface area contributed by atoms with Crippen molar-refractivity contribution in [1.29, 1.82) is 0 Å². The molecule has 7 heteroatoms. The van der Waals surface area contributed by atoms with E-state index in [1.165, 1.54) is 11.3 Å². The van der Waals surface area contributed by atoms with Crippen LogP contribution in [0.1, 0.15) is 20.9 Å². The van der Waals surface area contributed by atoms with Gasteiger partial charge in [-0.05, 0) is 18.2 Å². The Kier molecular flexibility index (Phi) is 5.78. The second kappa shape index (κ2) is 9.18. The van der Waals surface area contributed by atoms with E-state index in [9.17, 15) is 4.79 Å². The average Bonchev–Trinajstić information content (AvgIpc) is 3.30. The van der Waals surface area contributed by atoms with E-state index in [0.717, 1.165) is 38.5 Å². The summed E-state index contributed by atoms with van der Waals surface area (Å²) >= 11 is 1.35. The smallest absolute Gasteiger partial charge is 0.258 e. The van der Waals surface area contributed by atoms with Crippen LogP contribution in [0.4, 0.5) is 5.13 Å². The van der Waals surface area contributed by atoms with Gasteiger partial charge in [-0.3, -0.25) is 10.1 Å². The molecule has 6 nitrogen and oxygen atoms in total. The molecule has 0 aliphatic carbocycles. The van der Waals surface area contributed by atoms with Gasteiger partial charge in [-0.25, -0.2) is 4.98 Å². The summed E-state index contributed by atoms with van der Waals surface area (Å²) in [5.41, 5.74) is 4.02. The molecule has 0 bridgehead atoms. The first-order valence-corrected chi connectivity index (χ1v) is 11.2. The van der Waals surface area contributed by atoms with Crippen molar-refractivity contribution in [3.8, 4) is 17.0 Å². The van der Waals surface area contributed by atoms with Crippen molar-refractivity contribution in [2.24, 2.45) is 0 Å². The average molecular weight is 453 g/mol. The maximum Gasteiger partial charge on any atom is 0.258 e. The third kappa shape index (κ3) is 4.44. The van der Waals surface area contributed by atoms with Crippen molar-refractivity contribution in [3.05, 3.63) is 101 Å². The summed E-state index contributed by atoms with van der Waals surface area (Å²) in [6, 6.07) is 27.1. The molecule has 1 N–H and O–H groups in total. The number of amides is 1. The number of pyridine rings is 1. The number of hydrogen-bond donors (Lipinski definition) is 1. The molecule has 2 aromatic heterocycles. The van der Waals surface area contributed by atoms with Gasteiger partial charge < -0.3 is 4.74 Å². The van der Waals surface area contributed by atoms with E-state index in [-0.39, 0.29) is 5.91 Å². The fourth-order valence-corrected chi connectivity index (χ4v) is 4.43. The SMILES string of the molecule is COc1ccccc1Cc1nnc(NC(=O)c2cc(-c3ccccc3)nc3ccccc23)s1. The van der Waals surface area contributed by atoms with Crippen LogP contribution in [0.5, 0.6) is 5.75 Å². The van der Waals surface area contributed by atoms with Crippen LogP contribution in [-0.4, -0.2) is 28.2 Å². The van der Waals surface area contributed by atoms with Crippen LogP contribution in [0, 0.1) is 0 Å². The minimum Gasteiger partial charge on any atom is -0.496 e. The predicted molar refractivity (Wildman–Crippen MR) is 131 cm³/mol. The Morgan fingerprint density at radius 1 is 0.939 bits per heavy atom. The number of para-hydroxylation sites is 2. The number of fused-ring (bicyclic) bond motifs is 1. The van der Waals surface area contributed by atoms with E-state index in [4.69, 9.17) is 9.72 Å². The lowest BCUT2D eigenvalue weighted by Crippen LogP contribution is -2.13. The lowest BCUT2D eigenvalue weighted by molar-refractivity contribution is 0.102. The molecule has 33 heavy (non-hydrogen) atoms. The van der Waals surface area contributed by atoms with Gasteiger partial charge in [0.1, 0.15) is 10.8 Å². The molecular formula is C26H20N4O2S. The summed E-state index contributed by atoms with van der Waals surface area (Å²) in [6.45, 7) is 0. The van der Waals surface area contributed by atoms with Gasteiger partial charge in [0.25, 0.3) is 5.91 Å². The Balaban J connectivity index is 1.43. The molecule has 0 radical (unpaired) electrons. The van der Waals surface area contributed by atoms with Crippen LogP contribution in [0.2, 0.25) is 0 Å². The van der Waals surface area contributed by atoms with E-state index in [1.54, 1.807) is 7.11 Å². The number of carbonyl (C=O) groups excluding carboxylic acids is 1. The van der Waals surface area contributed by atoms with Crippen LogP contribution in [0.3, 0.4) is 0 Å². The predicted octanol–water partition coefficient (Wildman–Crippen LogP) is 5.61. The van der Waals surface area contributed by atoms with Gasteiger partial charge in [0.15, 0.2) is 0 Å². The van der Waals surface area contributed by atoms with Crippen LogP contribution in [0.15, 0.2) is 84.9 Å². The summed E-state index contributed by atoms with van der Waals surface area (Å²) < 4.78 is 5.42. The molecule has 5 rings (SSSR count). The van der Waals surface area contributed by atoms with E-state index in [1.807, 2.05) is 84.9 Å². The quantitative estimate of drug-likeness (QED) is 0.363. The molecule has 1 amide bonds. The number of nitrogens with zero attached hydrogens (tertiary/aromatic N) is 3. The van der Waals surface area contributed by atoms with Crippen LogP contribution in [-0.2, 0) is 6.42 Å². The molecule has 162 valence electrons. The fraction of sp³-hybridized carbons (Fsp3) is 0.0769. The molecule has 2 heterocycles. The minimum absolute atomic E-state index is 0.245. The van der Waals surface area contributed by atoms with Gasteiger partial charge in [0, 0.05) is 22.9 Å². The number of carbonyl (C=O) groups is 1. The van der Waals surface area contributed by atoms with Gasteiger partial charge in [-0.2, -0.15) is 0 Å². The zero-order chi connectivity index (χ0) is 22.6. The van der Waals surface area contributed by atoms with Crippen molar-refractivity contribution in [3.63, 3.8) is 0 Å². The first-order valence-electron chi connectivity index (χ1n) is 10.4. The second-order valence-electron chi connectivity index (χ2n) is 7.38. The summed E-state index contributed by atoms with van der Waals surface area (Å²) in [4.78, 5) is 18.0. The molecule has 0 saturated heterocycles. The number of aromatic nitrogens is 3. The first kappa shape index (κ1) is 20.8. The van der Waals surface area contributed by atoms with Gasteiger partial charge >= 0.3 is 0 Å². The van der Waals surface area contributed by atoms with Gasteiger partial charge in [0.05, 0.1) is 23.9 Å². The normalized spacial score (nSPS) is 10.8. The number of ether oxygens (including phenoxy) is 1. The van der Waals surface area contributed by atoms with E-state index < -0.39 is 0 Å². The Morgan fingerprint density at radius 2 is 1.70 bits per heavy atom. The number of rotatable bonds is 6. The summed E-state index contributed by atoms with van der Waals surface area (Å²) in [5.74, 6) is 0.556. The number of hydrogen-bond acceptors (Lipinski definition) is 6. The molecule has 0 fully saturated rings. The number of nitrogens with one attached hydrogen (secondary N) is 1. The van der Waals surface area contributed by atoms with Crippen LogP contribution >= 0.6 is 11.3 Å². The minimum atomic E-state index is -0.245. The van der Waals surface area contributed by atoms with Crippen LogP contribution in [0.25, 0.3) is 22.2 Å². The summed E-state index contributed by atoms with van der Waals surface area (Å²) in [7, 11) is 1.65. The maximum atomic E-state index is 13.3. The lowest BCUT2D eigenvalue weighted by Gasteiger charge is -2.09. The van der Waals surface area contributed by atoms with Crippen LogP contribution < -0.4 is 10.1 Å². The topological polar surface area (TPSA) is 77.0 Å². The van der Waals surface area contributed by atoms with Crippen molar-refractivity contribution in [2.45, 2.75) is 6.42 Å². The molecule has 0 spiro atoms. The summed E-state index contributed by atoms with van der Waals surface area (Å²) in [6.07, 6.45) is 0.577. The fourth-order valence-electron chi connectivity index (χ4n) is 3.67. The third-order valence-corrected chi connectivity index (χ3v) is 6.09. The van der Waals surface area contributed by atoms with Crippen molar-refractivity contribution < 1.29 is 9.53 Å². The molecular weight excluding hydrogens is 432 g/mol. The molecule has 5 aromatic rings. The Hall–Kier alpha value is -4.10. The van der Waals surface area contributed by atoms with Crippen molar-refractivity contribution >= 4 is 33.3 Å². The van der Waals surface area contributed by atoms with E-state index >= 15 is 0 Å². The lowest BCUT2D eigenvalue weighted by atomic mass is 10.0.